The number of aromatic nitrogens is 3. The van der Waals surface area contributed by atoms with Crippen LogP contribution in [-0.4, -0.2) is 14.8 Å². The third-order valence-corrected chi connectivity index (χ3v) is 2.93. The number of nitrogen functional groups attached to an aromatic ring is 1. The van der Waals surface area contributed by atoms with Crippen LogP contribution in [0.1, 0.15) is 5.56 Å². The fourth-order valence-electron chi connectivity index (χ4n) is 1.91. The minimum absolute atomic E-state index is 0.273. The van der Waals surface area contributed by atoms with Crippen molar-refractivity contribution in [3.8, 4) is 17.4 Å². The highest BCUT2D eigenvalue weighted by Gasteiger charge is 2.09. The molecule has 1 aromatic heterocycles. The van der Waals surface area contributed by atoms with Crippen molar-refractivity contribution >= 4 is 5.69 Å². The zero-order valence-electron chi connectivity index (χ0n) is 11.0. The van der Waals surface area contributed by atoms with E-state index in [0.29, 0.717) is 11.4 Å². The lowest BCUT2D eigenvalue weighted by Gasteiger charge is -2.07. The van der Waals surface area contributed by atoms with Crippen molar-refractivity contribution in [2.24, 2.45) is 0 Å². The zero-order valence-corrected chi connectivity index (χ0v) is 11.0. The highest BCUT2D eigenvalue weighted by atomic mass is 16.5. The third kappa shape index (κ3) is 2.33. The molecule has 5 nitrogen and oxygen atoms in total. The molecular formula is C15H14N4O. The predicted molar refractivity (Wildman–Crippen MR) is 77.0 cm³/mol. The highest BCUT2D eigenvalue weighted by Crippen LogP contribution is 2.29. The van der Waals surface area contributed by atoms with Crippen LogP contribution in [0.5, 0.6) is 11.8 Å². The average molecular weight is 266 g/mol. The summed E-state index contributed by atoms with van der Waals surface area (Å²) in [5.74, 6) is 0.596. The van der Waals surface area contributed by atoms with Gasteiger partial charge in [-0.1, -0.05) is 30.3 Å². The van der Waals surface area contributed by atoms with Gasteiger partial charge in [-0.3, -0.25) is 0 Å². The monoisotopic (exact) mass is 266 g/mol. The smallest absolute Gasteiger partial charge is 0.341 e. The summed E-state index contributed by atoms with van der Waals surface area (Å²) < 4.78 is 7.33. The van der Waals surface area contributed by atoms with Crippen LogP contribution in [0.25, 0.3) is 5.69 Å². The Morgan fingerprint density at radius 3 is 2.60 bits per heavy atom. The molecule has 0 aliphatic carbocycles. The summed E-state index contributed by atoms with van der Waals surface area (Å²) in [6.07, 6.45) is 1.61. The predicted octanol–water partition coefficient (Wildman–Crippen LogP) is 2.95. The van der Waals surface area contributed by atoms with Gasteiger partial charge in [0.15, 0.2) is 5.75 Å². The number of hydrogen-bond donors (Lipinski definition) is 1. The molecule has 0 amide bonds. The van der Waals surface area contributed by atoms with Crippen LogP contribution < -0.4 is 10.5 Å². The van der Waals surface area contributed by atoms with E-state index in [1.807, 2.05) is 49.4 Å². The molecule has 0 spiro atoms. The number of aryl methyl sites for hydroxylation is 1. The average Bonchev–Trinajstić information content (AvgIpc) is 2.93. The first-order chi connectivity index (χ1) is 9.74. The summed E-state index contributed by atoms with van der Waals surface area (Å²) in [6.45, 7) is 1.93. The van der Waals surface area contributed by atoms with Crippen molar-refractivity contribution in [1.29, 1.82) is 0 Å². The number of nitrogens with zero attached hydrogens (tertiary/aromatic N) is 3. The summed E-state index contributed by atoms with van der Waals surface area (Å²) in [5, 5.41) is 4.29. The van der Waals surface area contributed by atoms with E-state index in [4.69, 9.17) is 10.5 Å². The fourth-order valence-corrected chi connectivity index (χ4v) is 1.91. The van der Waals surface area contributed by atoms with E-state index in [2.05, 4.69) is 10.1 Å². The molecule has 3 aromatic rings. The Morgan fingerprint density at radius 1 is 1.05 bits per heavy atom. The first-order valence-electron chi connectivity index (χ1n) is 6.24. The lowest BCUT2D eigenvalue weighted by molar-refractivity contribution is 0.440. The van der Waals surface area contributed by atoms with E-state index < -0.39 is 0 Å². The maximum atomic E-state index is 5.90. The lowest BCUT2D eigenvalue weighted by Crippen LogP contribution is -1.97. The molecule has 2 N–H and O–H groups in total. The molecule has 2 aromatic carbocycles. The summed E-state index contributed by atoms with van der Waals surface area (Å²) in [4.78, 5) is 4.14. The van der Waals surface area contributed by atoms with E-state index in [1.165, 1.54) is 0 Å². The van der Waals surface area contributed by atoms with Crippen molar-refractivity contribution < 1.29 is 4.74 Å². The molecule has 0 saturated heterocycles. The minimum atomic E-state index is 0.273. The Balaban J connectivity index is 1.88. The molecule has 20 heavy (non-hydrogen) atoms. The van der Waals surface area contributed by atoms with Crippen LogP contribution in [-0.2, 0) is 0 Å². The Kier molecular flexibility index (Phi) is 3.09. The molecule has 0 radical (unpaired) electrons. The second-order valence-electron chi connectivity index (χ2n) is 4.40. The van der Waals surface area contributed by atoms with Gasteiger partial charge in [0.05, 0.1) is 11.4 Å². The van der Waals surface area contributed by atoms with Gasteiger partial charge < -0.3 is 10.5 Å². The molecule has 0 aliphatic rings. The van der Waals surface area contributed by atoms with Crippen molar-refractivity contribution in [1.82, 2.24) is 14.8 Å². The Hall–Kier alpha value is -2.82. The second-order valence-corrected chi connectivity index (χ2v) is 4.40. The van der Waals surface area contributed by atoms with Crippen LogP contribution in [0.3, 0.4) is 0 Å². The summed E-state index contributed by atoms with van der Waals surface area (Å²) in [5.41, 5.74) is 8.34. The Bertz CT molecular complexity index is 701. The third-order valence-electron chi connectivity index (χ3n) is 2.93. The maximum Gasteiger partial charge on any atom is 0.341 e. The minimum Gasteiger partial charge on any atom is -0.421 e. The van der Waals surface area contributed by atoms with Gasteiger partial charge in [-0.25, -0.2) is 4.68 Å². The number of benzene rings is 2. The molecule has 5 heteroatoms. The summed E-state index contributed by atoms with van der Waals surface area (Å²) in [7, 11) is 0. The van der Waals surface area contributed by atoms with Gasteiger partial charge in [-0.15, -0.1) is 5.10 Å². The molecule has 0 unspecified atom stereocenters. The van der Waals surface area contributed by atoms with Gasteiger partial charge in [0.1, 0.15) is 6.33 Å². The SMILES string of the molecule is Cc1cccc(N)c1Oc1ncn(-c2ccccc2)n1. The van der Waals surface area contributed by atoms with Crippen molar-refractivity contribution in [2.75, 3.05) is 5.73 Å². The van der Waals surface area contributed by atoms with E-state index in [9.17, 15) is 0 Å². The van der Waals surface area contributed by atoms with E-state index in [1.54, 1.807) is 17.1 Å². The molecule has 1 heterocycles. The molecule has 0 bridgehead atoms. The standard InChI is InChI=1S/C15H14N4O/c1-11-6-5-9-13(16)14(11)20-15-17-10-19(18-15)12-7-3-2-4-8-12/h2-10H,16H2,1H3. The number of ether oxygens (including phenoxy) is 1. The van der Waals surface area contributed by atoms with E-state index in [-0.39, 0.29) is 6.01 Å². The fraction of sp³-hybridized carbons (Fsp3) is 0.0667. The van der Waals surface area contributed by atoms with Gasteiger partial charge >= 0.3 is 6.01 Å². The number of nitrogens with two attached hydrogens (primary N) is 1. The van der Waals surface area contributed by atoms with Crippen LogP contribution in [0.15, 0.2) is 54.9 Å². The molecule has 0 fully saturated rings. The van der Waals surface area contributed by atoms with Gasteiger partial charge in [0.2, 0.25) is 0 Å². The van der Waals surface area contributed by atoms with E-state index >= 15 is 0 Å². The summed E-state index contributed by atoms with van der Waals surface area (Å²) in [6, 6.07) is 15.6. The highest BCUT2D eigenvalue weighted by molar-refractivity contribution is 5.57. The van der Waals surface area contributed by atoms with Crippen molar-refractivity contribution in [2.45, 2.75) is 6.92 Å². The number of hydrogen-bond acceptors (Lipinski definition) is 4. The normalized spacial score (nSPS) is 10.4. The topological polar surface area (TPSA) is 66.0 Å². The number of rotatable bonds is 3. The molecule has 3 rings (SSSR count). The number of anilines is 1. The second kappa shape index (κ2) is 5.05. The molecule has 100 valence electrons. The van der Waals surface area contributed by atoms with Crippen LogP contribution in [0.4, 0.5) is 5.69 Å². The molecule has 0 saturated carbocycles. The number of para-hydroxylation sites is 2. The first kappa shape index (κ1) is 12.2. The Morgan fingerprint density at radius 2 is 1.85 bits per heavy atom. The van der Waals surface area contributed by atoms with Crippen LogP contribution in [0, 0.1) is 6.92 Å². The van der Waals surface area contributed by atoms with Crippen molar-refractivity contribution in [3.63, 3.8) is 0 Å². The lowest BCUT2D eigenvalue weighted by atomic mass is 10.2. The van der Waals surface area contributed by atoms with Crippen LogP contribution >= 0.6 is 0 Å². The molecular weight excluding hydrogens is 252 g/mol. The molecule has 0 aliphatic heterocycles. The van der Waals surface area contributed by atoms with Crippen LogP contribution in [0.2, 0.25) is 0 Å². The zero-order chi connectivity index (χ0) is 13.9. The van der Waals surface area contributed by atoms with Gasteiger partial charge in [-0.05, 0) is 30.7 Å². The first-order valence-corrected chi connectivity index (χ1v) is 6.24. The Labute approximate surface area is 116 Å². The maximum absolute atomic E-state index is 5.90. The van der Waals surface area contributed by atoms with E-state index in [0.717, 1.165) is 11.3 Å². The van der Waals surface area contributed by atoms with Gasteiger partial charge in [0.25, 0.3) is 0 Å². The van der Waals surface area contributed by atoms with Crippen molar-refractivity contribution in [3.05, 3.63) is 60.4 Å². The van der Waals surface area contributed by atoms with Gasteiger partial charge in [-0.2, -0.15) is 4.98 Å². The largest absolute Gasteiger partial charge is 0.421 e. The quantitative estimate of drug-likeness (QED) is 0.740. The summed E-state index contributed by atoms with van der Waals surface area (Å²) >= 11 is 0. The van der Waals surface area contributed by atoms with Gasteiger partial charge in [0, 0.05) is 0 Å². The molecule has 0 atom stereocenters.